The molecule has 0 radical (unpaired) electrons. The number of allylic oxidation sites excluding steroid dienone is 1. The Bertz CT molecular complexity index is 401. The molecule has 92 valence electrons. The van der Waals surface area contributed by atoms with Crippen molar-refractivity contribution in [3.63, 3.8) is 0 Å². The largest absolute Gasteiger partial charge is 0.471 e. The summed E-state index contributed by atoms with van der Waals surface area (Å²) in [6.07, 6.45) is 2.56. The van der Waals surface area contributed by atoms with Crippen LogP contribution in [-0.2, 0) is 14.1 Å². The number of hydrogen-bond donors (Lipinski definition) is 0. The maximum Gasteiger partial charge on any atom is 0.471 e. The van der Waals surface area contributed by atoms with Crippen LogP contribution in [0, 0.1) is 0 Å². The Morgan fingerprint density at radius 2 is 1.82 bits per heavy atom. The third-order valence-corrected chi connectivity index (χ3v) is 3.49. The average molecular weight is 239 g/mol. The maximum absolute atomic E-state index is 13.2. The molecule has 6 heteroatoms. The van der Waals surface area contributed by atoms with Gasteiger partial charge in [-0.1, -0.05) is 0 Å². The Balaban J connectivity index is 2.18. The van der Waals surface area contributed by atoms with Crippen molar-refractivity contribution in [2.45, 2.75) is 44.7 Å². The van der Waals surface area contributed by atoms with E-state index in [-0.39, 0.29) is 0 Å². The summed E-state index contributed by atoms with van der Waals surface area (Å²) in [6.45, 7) is 7.66. The summed E-state index contributed by atoms with van der Waals surface area (Å²) in [4.78, 5) is 14.4. The molecule has 0 aromatic rings. The molecule has 0 aromatic carbocycles. The number of dihydropyridines is 1. The van der Waals surface area contributed by atoms with Gasteiger partial charge in [-0.25, -0.2) is 9.38 Å². The molecular weight excluding hydrogens is 224 g/mol. The summed E-state index contributed by atoms with van der Waals surface area (Å²) in [5, 5.41) is 0. The van der Waals surface area contributed by atoms with Gasteiger partial charge >= 0.3 is 13.0 Å². The van der Waals surface area contributed by atoms with Crippen LogP contribution >= 0.6 is 0 Å². The van der Waals surface area contributed by atoms with Crippen LogP contribution in [0.4, 0.5) is 4.39 Å². The normalized spacial score (nSPS) is 30.6. The molecular formula is C11H15BFNO3. The van der Waals surface area contributed by atoms with E-state index in [1.807, 2.05) is 27.7 Å². The van der Waals surface area contributed by atoms with E-state index in [1.54, 1.807) is 0 Å². The van der Waals surface area contributed by atoms with Gasteiger partial charge in [0.25, 0.3) is 0 Å². The smallest absolute Gasteiger partial charge is 0.403 e. The molecule has 1 amide bonds. The molecule has 0 spiro atoms. The van der Waals surface area contributed by atoms with E-state index in [2.05, 4.69) is 4.99 Å². The highest BCUT2D eigenvalue weighted by Gasteiger charge is 2.53. The summed E-state index contributed by atoms with van der Waals surface area (Å²) in [5.41, 5.74) is -0.950. The van der Waals surface area contributed by atoms with Crippen molar-refractivity contribution in [2.24, 2.45) is 4.99 Å². The fraction of sp³-hybridized carbons (Fsp3) is 0.636. The second-order valence-electron chi connectivity index (χ2n) is 5.30. The Hall–Kier alpha value is -1.01. The van der Waals surface area contributed by atoms with Gasteiger partial charge in [-0.3, -0.25) is 4.79 Å². The number of nitrogens with zero attached hydrogens (tertiary/aromatic N) is 1. The van der Waals surface area contributed by atoms with Gasteiger partial charge in [-0.05, 0) is 33.8 Å². The van der Waals surface area contributed by atoms with Crippen molar-refractivity contribution >= 4 is 19.2 Å². The van der Waals surface area contributed by atoms with Crippen molar-refractivity contribution in [2.75, 3.05) is 0 Å². The Morgan fingerprint density at radius 3 is 2.29 bits per heavy atom. The second kappa shape index (κ2) is 3.75. The average Bonchev–Trinajstić information content (AvgIpc) is 2.41. The minimum atomic E-state index is -0.854. The topological polar surface area (TPSA) is 47.9 Å². The lowest BCUT2D eigenvalue weighted by atomic mass is 9.71. The number of hydrogen-bond acceptors (Lipinski definition) is 3. The molecule has 2 aliphatic heterocycles. The molecule has 0 N–H and O–H groups in total. The van der Waals surface area contributed by atoms with E-state index in [1.165, 1.54) is 12.3 Å². The summed E-state index contributed by atoms with van der Waals surface area (Å²) in [6, 6.07) is 0. The lowest BCUT2D eigenvalue weighted by Crippen LogP contribution is -2.41. The van der Waals surface area contributed by atoms with Crippen LogP contribution in [0.2, 0.25) is 5.82 Å². The third kappa shape index (κ3) is 2.07. The Labute approximate surface area is 100 Å². The van der Waals surface area contributed by atoms with Crippen molar-refractivity contribution < 1.29 is 18.5 Å². The second-order valence-corrected chi connectivity index (χ2v) is 5.30. The van der Waals surface area contributed by atoms with Crippen LogP contribution in [0.15, 0.2) is 16.9 Å². The first-order valence-electron chi connectivity index (χ1n) is 5.54. The van der Waals surface area contributed by atoms with Gasteiger partial charge in [0.2, 0.25) is 0 Å². The first-order valence-corrected chi connectivity index (χ1v) is 5.54. The van der Waals surface area contributed by atoms with E-state index >= 15 is 0 Å². The molecule has 1 saturated heterocycles. The van der Waals surface area contributed by atoms with Crippen LogP contribution in [0.1, 0.15) is 27.7 Å². The molecule has 2 heterocycles. The molecule has 0 aromatic heterocycles. The van der Waals surface area contributed by atoms with Crippen molar-refractivity contribution in [1.29, 1.82) is 0 Å². The van der Waals surface area contributed by atoms with Gasteiger partial charge < -0.3 is 9.31 Å². The zero-order valence-electron chi connectivity index (χ0n) is 10.4. The van der Waals surface area contributed by atoms with E-state index in [9.17, 15) is 9.18 Å². The third-order valence-electron chi connectivity index (χ3n) is 3.49. The molecule has 0 saturated carbocycles. The minimum absolute atomic E-state index is 0.464. The predicted octanol–water partition coefficient (Wildman–Crippen LogP) is 1.91. The van der Waals surface area contributed by atoms with E-state index in [4.69, 9.17) is 9.31 Å². The summed E-state index contributed by atoms with van der Waals surface area (Å²) >= 11 is 0. The maximum atomic E-state index is 13.2. The minimum Gasteiger partial charge on any atom is -0.403 e. The molecule has 1 fully saturated rings. The fourth-order valence-electron chi connectivity index (χ4n) is 1.69. The summed E-state index contributed by atoms with van der Waals surface area (Å²) < 4.78 is 24.7. The number of aliphatic imine (C=N–C) groups is 1. The quantitative estimate of drug-likeness (QED) is 0.656. The molecule has 2 rings (SSSR count). The highest BCUT2D eigenvalue weighted by atomic mass is 19.1. The van der Waals surface area contributed by atoms with Crippen LogP contribution in [-0.4, -0.2) is 30.4 Å². The molecule has 0 aliphatic carbocycles. The van der Waals surface area contributed by atoms with E-state index in [0.717, 1.165) is 0 Å². The van der Waals surface area contributed by atoms with Gasteiger partial charge in [-0.2, -0.15) is 0 Å². The number of amides is 1. The zero-order valence-corrected chi connectivity index (χ0v) is 10.4. The lowest BCUT2D eigenvalue weighted by molar-refractivity contribution is -0.115. The Kier molecular flexibility index (Phi) is 2.74. The molecule has 1 unspecified atom stereocenters. The summed E-state index contributed by atoms with van der Waals surface area (Å²) in [7, 11) is -0.609. The molecule has 4 nitrogen and oxygen atoms in total. The van der Waals surface area contributed by atoms with Crippen molar-refractivity contribution in [1.82, 2.24) is 0 Å². The molecule has 0 bridgehead atoms. The number of halogens is 1. The monoisotopic (exact) mass is 239 g/mol. The standard InChI is InChI=1S/C11H15BFNO3/c1-10(2)11(3,4)17-12(16-10)7-5-8(13)9(15)14-6-7/h5-7H,1-4H3. The first kappa shape index (κ1) is 12.5. The van der Waals surface area contributed by atoms with Gasteiger partial charge in [0.05, 0.1) is 17.0 Å². The number of carbonyl (C=O) groups is 1. The van der Waals surface area contributed by atoms with Crippen LogP contribution in [0.3, 0.4) is 0 Å². The van der Waals surface area contributed by atoms with Gasteiger partial charge in [0.1, 0.15) is 0 Å². The van der Waals surface area contributed by atoms with Gasteiger partial charge in [-0.15, -0.1) is 0 Å². The zero-order chi connectivity index (χ0) is 12.8. The molecule has 17 heavy (non-hydrogen) atoms. The Morgan fingerprint density at radius 1 is 1.29 bits per heavy atom. The first-order chi connectivity index (χ1) is 7.73. The SMILES string of the molecule is CC1(C)OB(C2C=NC(=O)C(F)=C2)OC1(C)C. The lowest BCUT2D eigenvalue weighted by Gasteiger charge is -2.32. The van der Waals surface area contributed by atoms with Crippen LogP contribution < -0.4 is 0 Å². The highest BCUT2D eigenvalue weighted by molar-refractivity contribution is 6.53. The summed E-state index contributed by atoms with van der Waals surface area (Å²) in [5.74, 6) is -2.17. The van der Waals surface area contributed by atoms with Crippen molar-refractivity contribution in [3.8, 4) is 0 Å². The van der Waals surface area contributed by atoms with Crippen LogP contribution in [0.5, 0.6) is 0 Å². The van der Waals surface area contributed by atoms with E-state index < -0.39 is 35.9 Å². The van der Waals surface area contributed by atoms with Gasteiger partial charge in [0, 0.05) is 6.21 Å². The molecule has 2 aliphatic rings. The fourth-order valence-corrected chi connectivity index (χ4v) is 1.69. The van der Waals surface area contributed by atoms with Gasteiger partial charge in [0.15, 0.2) is 5.83 Å². The van der Waals surface area contributed by atoms with E-state index in [0.29, 0.717) is 0 Å². The number of rotatable bonds is 1. The highest BCUT2D eigenvalue weighted by Crippen LogP contribution is 2.40. The van der Waals surface area contributed by atoms with Crippen molar-refractivity contribution in [3.05, 3.63) is 11.9 Å². The predicted molar refractivity (Wildman–Crippen MR) is 62.5 cm³/mol. The number of carbonyl (C=O) groups excluding carboxylic acids is 1. The van der Waals surface area contributed by atoms with Crippen LogP contribution in [0.25, 0.3) is 0 Å². The molecule has 1 atom stereocenters.